The second-order valence-electron chi connectivity index (χ2n) is 5.54. The topological polar surface area (TPSA) is 39.5 Å². The van der Waals surface area contributed by atoms with Gasteiger partial charge in [-0.15, -0.1) is 0 Å². The fourth-order valence-electron chi connectivity index (χ4n) is 2.54. The Morgan fingerprint density at radius 3 is 2.70 bits per heavy atom. The molecule has 1 unspecified atom stereocenters. The van der Waals surface area contributed by atoms with E-state index in [9.17, 15) is 0 Å². The minimum absolute atomic E-state index is 0.671. The molecule has 2 rings (SSSR count). The van der Waals surface area contributed by atoms with Gasteiger partial charge in [0.1, 0.15) is 5.75 Å². The first-order valence-corrected chi connectivity index (χ1v) is 7.21. The predicted octanol–water partition coefficient (Wildman–Crippen LogP) is 1.96. The van der Waals surface area contributed by atoms with Crippen LogP contribution in [0.5, 0.6) is 5.75 Å². The molecule has 0 aromatic heterocycles. The first kappa shape index (κ1) is 14.8. The summed E-state index contributed by atoms with van der Waals surface area (Å²) in [5.74, 6) is 0.844. The van der Waals surface area contributed by atoms with Crippen LogP contribution in [0.15, 0.2) is 24.3 Å². The molecule has 1 aromatic rings. The minimum Gasteiger partial charge on any atom is -0.494 e. The summed E-state index contributed by atoms with van der Waals surface area (Å²) in [4.78, 5) is 4.82. The third-order valence-corrected chi connectivity index (χ3v) is 3.85. The van der Waals surface area contributed by atoms with Crippen LogP contribution in [0, 0.1) is 11.3 Å². The second-order valence-corrected chi connectivity index (χ2v) is 5.54. The van der Waals surface area contributed by atoms with E-state index in [-0.39, 0.29) is 0 Å². The zero-order valence-corrected chi connectivity index (χ0v) is 12.4. The smallest absolute Gasteiger partial charge is 0.119 e. The minimum atomic E-state index is 0.671. The number of hydrogen-bond donors (Lipinski definition) is 0. The van der Waals surface area contributed by atoms with Gasteiger partial charge in [0.25, 0.3) is 0 Å². The highest BCUT2D eigenvalue weighted by atomic mass is 16.5. The Balaban J connectivity index is 1.63. The van der Waals surface area contributed by atoms with Crippen molar-refractivity contribution in [2.24, 2.45) is 0 Å². The van der Waals surface area contributed by atoms with Crippen LogP contribution in [0.4, 0.5) is 0 Å². The summed E-state index contributed by atoms with van der Waals surface area (Å²) < 4.78 is 5.69. The van der Waals surface area contributed by atoms with Gasteiger partial charge in [-0.3, -0.25) is 0 Å². The number of likely N-dealkylation sites (tertiary alicyclic amines) is 1. The molecular formula is C16H23N3O. The molecule has 20 heavy (non-hydrogen) atoms. The SMILES string of the molecule is CN(C)C1CCN(CCCOc2ccc(C#N)cc2)C1. The van der Waals surface area contributed by atoms with Crippen LogP contribution in [-0.2, 0) is 0 Å². The lowest BCUT2D eigenvalue weighted by Gasteiger charge is -2.20. The van der Waals surface area contributed by atoms with Gasteiger partial charge in [0.15, 0.2) is 0 Å². The van der Waals surface area contributed by atoms with Gasteiger partial charge in [-0.25, -0.2) is 0 Å². The molecule has 1 saturated heterocycles. The third kappa shape index (κ3) is 4.22. The lowest BCUT2D eigenvalue weighted by atomic mass is 10.2. The van der Waals surface area contributed by atoms with Crippen molar-refractivity contribution in [3.63, 3.8) is 0 Å². The molecule has 0 amide bonds. The highest BCUT2D eigenvalue weighted by Crippen LogP contribution is 2.14. The van der Waals surface area contributed by atoms with Gasteiger partial charge in [0.2, 0.25) is 0 Å². The van der Waals surface area contributed by atoms with Crippen molar-refractivity contribution in [2.75, 3.05) is 40.3 Å². The van der Waals surface area contributed by atoms with E-state index >= 15 is 0 Å². The molecule has 0 saturated carbocycles. The Hall–Kier alpha value is -1.57. The van der Waals surface area contributed by atoms with E-state index < -0.39 is 0 Å². The monoisotopic (exact) mass is 273 g/mol. The van der Waals surface area contributed by atoms with E-state index in [1.54, 1.807) is 12.1 Å². The molecular weight excluding hydrogens is 250 g/mol. The lowest BCUT2D eigenvalue weighted by molar-refractivity contribution is 0.242. The molecule has 0 aliphatic carbocycles. The molecule has 1 aliphatic heterocycles. The Labute approximate surface area is 121 Å². The van der Waals surface area contributed by atoms with Crippen LogP contribution in [0.2, 0.25) is 0 Å². The molecule has 1 atom stereocenters. The standard InChI is InChI=1S/C16H23N3O/c1-18(2)15-8-10-19(13-15)9-3-11-20-16-6-4-14(12-17)5-7-16/h4-7,15H,3,8-11,13H2,1-2H3. The van der Waals surface area contributed by atoms with Crippen molar-refractivity contribution in [3.05, 3.63) is 29.8 Å². The average molecular weight is 273 g/mol. The Morgan fingerprint density at radius 1 is 1.35 bits per heavy atom. The zero-order chi connectivity index (χ0) is 14.4. The molecule has 4 nitrogen and oxygen atoms in total. The number of likely N-dealkylation sites (N-methyl/N-ethyl adjacent to an activating group) is 1. The van der Waals surface area contributed by atoms with E-state index in [4.69, 9.17) is 10.00 Å². The van der Waals surface area contributed by atoms with Gasteiger partial charge in [-0.05, 0) is 57.7 Å². The first-order chi connectivity index (χ1) is 9.69. The largest absolute Gasteiger partial charge is 0.494 e. The Bertz CT molecular complexity index is 450. The van der Waals surface area contributed by atoms with Gasteiger partial charge >= 0.3 is 0 Å². The van der Waals surface area contributed by atoms with Crippen LogP contribution >= 0.6 is 0 Å². The molecule has 0 spiro atoms. The van der Waals surface area contributed by atoms with Crippen molar-refractivity contribution in [1.82, 2.24) is 9.80 Å². The maximum atomic E-state index is 8.72. The number of nitriles is 1. The summed E-state index contributed by atoms with van der Waals surface area (Å²) >= 11 is 0. The van der Waals surface area contributed by atoms with Gasteiger partial charge < -0.3 is 14.5 Å². The maximum Gasteiger partial charge on any atom is 0.119 e. The highest BCUT2D eigenvalue weighted by molar-refractivity contribution is 5.34. The Kier molecular flexibility index (Phi) is 5.40. The molecule has 0 N–H and O–H groups in total. The van der Waals surface area contributed by atoms with Crippen molar-refractivity contribution in [1.29, 1.82) is 5.26 Å². The third-order valence-electron chi connectivity index (χ3n) is 3.85. The normalized spacial score (nSPS) is 19.2. The van der Waals surface area contributed by atoms with Crippen LogP contribution in [0.1, 0.15) is 18.4 Å². The van der Waals surface area contributed by atoms with Crippen LogP contribution in [-0.4, -0.2) is 56.2 Å². The fourth-order valence-corrected chi connectivity index (χ4v) is 2.54. The zero-order valence-electron chi connectivity index (χ0n) is 12.4. The lowest BCUT2D eigenvalue weighted by Crippen LogP contribution is -2.32. The number of hydrogen-bond acceptors (Lipinski definition) is 4. The first-order valence-electron chi connectivity index (χ1n) is 7.21. The summed E-state index contributed by atoms with van der Waals surface area (Å²) in [5, 5.41) is 8.72. The summed E-state index contributed by atoms with van der Waals surface area (Å²) in [7, 11) is 4.31. The van der Waals surface area contributed by atoms with Gasteiger partial charge in [-0.1, -0.05) is 0 Å². The fraction of sp³-hybridized carbons (Fsp3) is 0.562. The number of benzene rings is 1. The molecule has 0 bridgehead atoms. The summed E-state index contributed by atoms with van der Waals surface area (Å²) in [5.41, 5.74) is 0.671. The number of rotatable bonds is 6. The molecule has 1 heterocycles. The van der Waals surface area contributed by atoms with Crippen LogP contribution in [0.25, 0.3) is 0 Å². The average Bonchev–Trinajstić information content (AvgIpc) is 2.93. The predicted molar refractivity (Wildman–Crippen MR) is 79.8 cm³/mol. The van der Waals surface area contributed by atoms with E-state index in [0.29, 0.717) is 11.6 Å². The number of ether oxygens (including phenoxy) is 1. The van der Waals surface area contributed by atoms with Crippen LogP contribution < -0.4 is 4.74 Å². The quantitative estimate of drug-likeness (QED) is 0.743. The van der Waals surface area contributed by atoms with Crippen LogP contribution in [0.3, 0.4) is 0 Å². The maximum absolute atomic E-state index is 8.72. The summed E-state index contributed by atoms with van der Waals surface area (Å²) in [6.07, 6.45) is 2.31. The summed E-state index contributed by atoms with van der Waals surface area (Å²) in [6, 6.07) is 10.1. The van der Waals surface area contributed by atoms with E-state index in [2.05, 4.69) is 30.0 Å². The van der Waals surface area contributed by atoms with Crippen molar-refractivity contribution < 1.29 is 4.74 Å². The van der Waals surface area contributed by atoms with E-state index in [0.717, 1.165) is 25.3 Å². The van der Waals surface area contributed by atoms with Crippen molar-refractivity contribution in [2.45, 2.75) is 18.9 Å². The highest BCUT2D eigenvalue weighted by Gasteiger charge is 2.23. The Morgan fingerprint density at radius 2 is 2.10 bits per heavy atom. The molecule has 1 aliphatic rings. The van der Waals surface area contributed by atoms with Crippen molar-refractivity contribution >= 4 is 0 Å². The van der Waals surface area contributed by atoms with E-state index in [1.807, 2.05) is 12.1 Å². The molecule has 108 valence electrons. The second kappa shape index (κ2) is 7.28. The molecule has 1 aromatic carbocycles. The van der Waals surface area contributed by atoms with Gasteiger partial charge in [0.05, 0.1) is 18.2 Å². The molecule has 4 heteroatoms. The molecule has 1 fully saturated rings. The number of nitrogens with zero attached hydrogens (tertiary/aromatic N) is 3. The van der Waals surface area contributed by atoms with E-state index in [1.165, 1.54) is 19.5 Å². The van der Waals surface area contributed by atoms with Crippen molar-refractivity contribution in [3.8, 4) is 11.8 Å². The summed E-state index contributed by atoms with van der Waals surface area (Å²) in [6.45, 7) is 4.19. The van der Waals surface area contributed by atoms with Gasteiger partial charge in [0, 0.05) is 19.1 Å². The molecule has 0 radical (unpaired) electrons. The van der Waals surface area contributed by atoms with Gasteiger partial charge in [-0.2, -0.15) is 5.26 Å².